The van der Waals surface area contributed by atoms with Gasteiger partial charge in [-0.2, -0.15) is 4.80 Å². The highest BCUT2D eigenvalue weighted by molar-refractivity contribution is 5.71. The molecule has 1 aromatic carbocycles. The van der Waals surface area contributed by atoms with Crippen molar-refractivity contribution in [3.63, 3.8) is 0 Å². The van der Waals surface area contributed by atoms with Gasteiger partial charge in [-0.15, -0.1) is 20.4 Å². The first-order valence-electron chi connectivity index (χ1n) is 12.2. The number of fused-ring (bicyclic) bond motifs is 2. The number of aromatic hydroxyl groups is 1. The zero-order chi connectivity index (χ0) is 24.4. The molecule has 0 spiro atoms. The number of rotatable bonds is 5. The number of benzene rings is 1. The molecule has 1 aliphatic carbocycles. The molecule has 2 N–H and O–H groups in total. The van der Waals surface area contributed by atoms with Gasteiger partial charge >= 0.3 is 0 Å². The molecule has 10 nitrogen and oxygen atoms in total. The van der Waals surface area contributed by atoms with Gasteiger partial charge in [0.2, 0.25) is 11.8 Å². The van der Waals surface area contributed by atoms with E-state index in [0.717, 1.165) is 32.1 Å². The number of hydrogen-bond acceptors (Lipinski definition) is 9. The number of piperidine rings is 2. The summed E-state index contributed by atoms with van der Waals surface area (Å²) >= 11 is 0. The third kappa shape index (κ3) is 3.91. The Morgan fingerprint density at radius 2 is 2.00 bits per heavy atom. The van der Waals surface area contributed by atoms with Gasteiger partial charge in [0.1, 0.15) is 17.6 Å². The molecule has 0 amide bonds. The van der Waals surface area contributed by atoms with Crippen molar-refractivity contribution in [1.82, 2.24) is 40.7 Å². The van der Waals surface area contributed by atoms with Gasteiger partial charge in [-0.05, 0) is 69.7 Å². The first-order valence-corrected chi connectivity index (χ1v) is 12.2. The second-order valence-electron chi connectivity index (χ2n) is 10.7. The lowest BCUT2D eigenvalue weighted by molar-refractivity contribution is 0.0000875. The molecule has 2 saturated heterocycles. The summed E-state index contributed by atoms with van der Waals surface area (Å²) in [7, 11) is 1.68. The van der Waals surface area contributed by atoms with Gasteiger partial charge in [0.15, 0.2) is 0 Å². The summed E-state index contributed by atoms with van der Waals surface area (Å²) in [6.07, 6.45) is 6.22. The van der Waals surface area contributed by atoms with Crippen LogP contribution < -0.4 is 10.2 Å². The fraction of sp³-hybridized carbons (Fsp3) is 0.583. The molecule has 11 heteroatoms. The van der Waals surface area contributed by atoms with Crippen LogP contribution in [0.25, 0.3) is 22.6 Å². The predicted molar refractivity (Wildman–Crippen MR) is 127 cm³/mol. The van der Waals surface area contributed by atoms with E-state index in [-0.39, 0.29) is 23.4 Å². The fourth-order valence-electron chi connectivity index (χ4n) is 5.98. The van der Waals surface area contributed by atoms with Crippen molar-refractivity contribution in [2.75, 3.05) is 4.90 Å². The van der Waals surface area contributed by atoms with Gasteiger partial charge in [0.05, 0.1) is 19.3 Å². The first kappa shape index (κ1) is 22.3. The average Bonchev–Trinajstić information content (AvgIpc) is 3.56. The summed E-state index contributed by atoms with van der Waals surface area (Å²) in [5.74, 6) is 0.897. The Labute approximate surface area is 203 Å². The normalized spacial score (nSPS) is 30.3. The Morgan fingerprint density at radius 1 is 1.17 bits per heavy atom. The van der Waals surface area contributed by atoms with Crippen LogP contribution >= 0.6 is 0 Å². The summed E-state index contributed by atoms with van der Waals surface area (Å²) in [6.45, 7) is 4.22. The van der Waals surface area contributed by atoms with Gasteiger partial charge in [-0.3, -0.25) is 0 Å². The zero-order valence-electron chi connectivity index (χ0n) is 20.2. The van der Waals surface area contributed by atoms with Crippen molar-refractivity contribution < 1.29 is 9.50 Å². The maximum atomic E-state index is 15.9. The van der Waals surface area contributed by atoms with Crippen LogP contribution in [0.5, 0.6) is 5.75 Å². The first-order chi connectivity index (χ1) is 16.7. The third-order valence-electron chi connectivity index (χ3n) is 7.74. The molecule has 0 radical (unpaired) electrons. The van der Waals surface area contributed by atoms with Crippen LogP contribution in [0.1, 0.15) is 52.4 Å². The van der Waals surface area contributed by atoms with E-state index in [1.165, 1.54) is 4.80 Å². The molecule has 3 aromatic rings. The number of halogens is 1. The Hall–Kier alpha value is -3.21. The Morgan fingerprint density at radius 3 is 2.66 bits per heavy atom. The number of nitrogens with one attached hydrogen (secondary N) is 1. The Kier molecular flexibility index (Phi) is 5.03. The van der Waals surface area contributed by atoms with Crippen molar-refractivity contribution in [3.05, 3.63) is 24.4 Å². The van der Waals surface area contributed by atoms with Gasteiger partial charge in [-0.25, -0.2) is 9.37 Å². The van der Waals surface area contributed by atoms with E-state index in [1.54, 1.807) is 31.4 Å². The van der Waals surface area contributed by atoms with Crippen LogP contribution in [0, 0.1) is 0 Å². The van der Waals surface area contributed by atoms with Gasteiger partial charge in [0.25, 0.3) is 0 Å². The van der Waals surface area contributed by atoms with Gasteiger partial charge < -0.3 is 15.3 Å². The molecular weight excluding hydrogens is 449 g/mol. The number of hydrogen-bond donors (Lipinski definition) is 2. The van der Waals surface area contributed by atoms with E-state index in [1.807, 2.05) is 6.92 Å². The third-order valence-corrected chi connectivity index (χ3v) is 7.74. The topological polar surface area (TPSA) is 118 Å². The average molecular weight is 480 g/mol. The highest BCUT2D eigenvalue weighted by Gasteiger charge is 2.56. The number of nitrogens with zero attached hydrogens (tertiary/aromatic N) is 8. The standard InChI is InChI=1S/C24H30FN9O/c1-23-9-4-10-24(2,31-23)20(25)18(12-23)34(15-6-7-15)22-26-13-17(27-29-22)16-8-5-14(11-19(16)35)21-28-32-33(3)30-21/h5,8,11,13,15,18,20,31,35H,4,6-7,9-10,12H2,1-3H3/t18-,20-,23-,24+/m0/s1. The van der Waals surface area contributed by atoms with E-state index < -0.39 is 11.7 Å². The van der Waals surface area contributed by atoms with Crippen molar-refractivity contribution in [1.29, 1.82) is 0 Å². The molecule has 4 atom stereocenters. The molecule has 1 saturated carbocycles. The molecular formula is C24H30FN9O. The molecule has 35 heavy (non-hydrogen) atoms. The van der Waals surface area contributed by atoms with E-state index in [9.17, 15) is 5.11 Å². The van der Waals surface area contributed by atoms with Crippen LogP contribution in [-0.4, -0.2) is 69.8 Å². The second-order valence-corrected chi connectivity index (χ2v) is 10.7. The number of aromatic nitrogens is 7. The molecule has 2 aromatic heterocycles. The summed E-state index contributed by atoms with van der Waals surface area (Å²) < 4.78 is 15.9. The minimum Gasteiger partial charge on any atom is -0.507 e. The smallest absolute Gasteiger partial charge is 0.245 e. The molecule has 4 heterocycles. The predicted octanol–water partition coefficient (Wildman–Crippen LogP) is 2.80. The van der Waals surface area contributed by atoms with E-state index in [0.29, 0.717) is 35.0 Å². The second kappa shape index (κ2) is 7.91. The summed E-state index contributed by atoms with van der Waals surface area (Å²) in [6, 6.07) is 5.05. The van der Waals surface area contributed by atoms with Crippen LogP contribution in [-0.2, 0) is 7.05 Å². The molecule has 3 fully saturated rings. The van der Waals surface area contributed by atoms with E-state index in [2.05, 4.69) is 47.7 Å². The number of tetrazole rings is 1. The minimum atomic E-state index is -1.02. The number of aryl methyl sites for hydroxylation is 1. The van der Waals surface area contributed by atoms with Crippen molar-refractivity contribution in [3.8, 4) is 28.4 Å². The van der Waals surface area contributed by atoms with E-state index >= 15 is 4.39 Å². The summed E-state index contributed by atoms with van der Waals surface area (Å²) in [4.78, 5) is 8.04. The largest absolute Gasteiger partial charge is 0.507 e. The van der Waals surface area contributed by atoms with Crippen molar-refractivity contribution >= 4 is 5.95 Å². The Balaban J connectivity index is 1.28. The van der Waals surface area contributed by atoms with Gasteiger partial charge in [-0.1, -0.05) is 6.07 Å². The minimum absolute atomic E-state index is 0.0219. The van der Waals surface area contributed by atoms with Crippen molar-refractivity contribution in [2.24, 2.45) is 7.05 Å². The molecule has 3 aliphatic rings. The lowest BCUT2D eigenvalue weighted by Crippen LogP contribution is -2.73. The maximum Gasteiger partial charge on any atom is 0.245 e. The highest BCUT2D eigenvalue weighted by atomic mass is 19.1. The Bertz CT molecular complexity index is 1250. The van der Waals surface area contributed by atoms with Gasteiger partial charge in [0, 0.05) is 28.2 Å². The lowest BCUT2D eigenvalue weighted by Gasteiger charge is -2.57. The summed E-state index contributed by atoms with van der Waals surface area (Å²) in [5, 5.41) is 35.0. The number of alkyl halides is 1. The zero-order valence-corrected chi connectivity index (χ0v) is 20.2. The van der Waals surface area contributed by atoms with Crippen molar-refractivity contribution in [2.45, 2.75) is 81.7 Å². The number of phenolic OH excluding ortho intramolecular Hbond substituents is 1. The molecule has 2 aliphatic heterocycles. The highest BCUT2D eigenvalue weighted by Crippen LogP contribution is 2.46. The van der Waals surface area contributed by atoms with Crippen LogP contribution in [0.3, 0.4) is 0 Å². The fourth-order valence-corrected chi connectivity index (χ4v) is 5.98. The molecule has 2 bridgehead atoms. The number of anilines is 1. The molecule has 184 valence electrons. The monoisotopic (exact) mass is 479 g/mol. The van der Waals surface area contributed by atoms with Crippen LogP contribution in [0.4, 0.5) is 10.3 Å². The molecule has 6 rings (SSSR count). The quantitative estimate of drug-likeness (QED) is 0.569. The summed E-state index contributed by atoms with van der Waals surface area (Å²) in [5.41, 5.74) is 0.957. The number of phenols is 1. The van der Waals surface area contributed by atoms with Crippen LogP contribution in [0.2, 0.25) is 0 Å². The van der Waals surface area contributed by atoms with Crippen LogP contribution in [0.15, 0.2) is 24.4 Å². The SMILES string of the molecule is Cn1nnc(-c2ccc(-c3cnc(N(C4CC4)[C@H]4C[C@]5(C)CCC[C@@](C)(N5)[C@H]4F)nn3)c(O)c2)n1. The molecule has 0 unspecified atom stereocenters. The lowest BCUT2D eigenvalue weighted by atomic mass is 9.68. The van der Waals surface area contributed by atoms with E-state index in [4.69, 9.17) is 0 Å². The maximum absolute atomic E-state index is 15.9.